The number of halogens is 2. The molecule has 0 fully saturated rings. The lowest BCUT2D eigenvalue weighted by Gasteiger charge is -2.07. The second-order valence-corrected chi connectivity index (χ2v) is 5.27. The molecule has 0 bridgehead atoms. The van der Waals surface area contributed by atoms with Crippen LogP contribution in [-0.4, -0.2) is 5.78 Å². The summed E-state index contributed by atoms with van der Waals surface area (Å²) in [7, 11) is 0. The Bertz CT molecular complexity index is 638. The van der Waals surface area contributed by atoms with Crippen LogP contribution < -0.4 is 5.73 Å². The highest BCUT2D eigenvalue weighted by Crippen LogP contribution is 2.23. The van der Waals surface area contributed by atoms with Crippen LogP contribution >= 0.6 is 23.2 Å². The van der Waals surface area contributed by atoms with Gasteiger partial charge in [0.25, 0.3) is 0 Å². The SMILES string of the molecule is Cc1ccc(N)c(C(=O)Cc2ccc(Cl)cc2Cl)c1. The highest BCUT2D eigenvalue weighted by Gasteiger charge is 2.13. The Morgan fingerprint density at radius 2 is 1.89 bits per heavy atom. The molecule has 2 aromatic rings. The molecule has 19 heavy (non-hydrogen) atoms. The number of carbonyl (C=O) groups is 1. The van der Waals surface area contributed by atoms with Crippen LogP contribution in [0.1, 0.15) is 21.5 Å². The van der Waals surface area contributed by atoms with Crippen LogP contribution in [0.25, 0.3) is 0 Å². The molecule has 98 valence electrons. The second kappa shape index (κ2) is 5.64. The number of benzene rings is 2. The Kier molecular flexibility index (Phi) is 4.13. The lowest BCUT2D eigenvalue weighted by Crippen LogP contribution is -2.07. The molecule has 4 heteroatoms. The van der Waals surface area contributed by atoms with Gasteiger partial charge in [-0.25, -0.2) is 0 Å². The lowest BCUT2D eigenvalue weighted by molar-refractivity contribution is 0.0994. The number of hydrogen-bond donors (Lipinski definition) is 1. The Balaban J connectivity index is 2.28. The topological polar surface area (TPSA) is 43.1 Å². The van der Waals surface area contributed by atoms with E-state index in [0.29, 0.717) is 21.3 Å². The second-order valence-electron chi connectivity index (χ2n) is 4.43. The van der Waals surface area contributed by atoms with Crippen molar-refractivity contribution >= 4 is 34.7 Å². The van der Waals surface area contributed by atoms with E-state index in [2.05, 4.69) is 0 Å². The molecule has 0 aliphatic heterocycles. The Hall–Kier alpha value is -1.51. The zero-order valence-electron chi connectivity index (χ0n) is 10.4. The first-order chi connectivity index (χ1) is 8.97. The minimum atomic E-state index is -0.0505. The van der Waals surface area contributed by atoms with E-state index in [1.54, 1.807) is 30.3 Å². The quantitative estimate of drug-likeness (QED) is 0.677. The average molecular weight is 294 g/mol. The molecule has 2 rings (SSSR count). The van der Waals surface area contributed by atoms with Crippen LogP contribution in [-0.2, 0) is 6.42 Å². The molecule has 0 amide bonds. The molecule has 0 saturated heterocycles. The summed E-state index contributed by atoms with van der Waals surface area (Å²) in [4.78, 5) is 12.3. The molecule has 0 atom stereocenters. The summed E-state index contributed by atoms with van der Waals surface area (Å²) in [6.45, 7) is 1.92. The molecule has 0 radical (unpaired) electrons. The fourth-order valence-corrected chi connectivity index (χ4v) is 2.32. The minimum Gasteiger partial charge on any atom is -0.398 e. The fourth-order valence-electron chi connectivity index (χ4n) is 1.84. The van der Waals surface area contributed by atoms with Crippen LogP contribution in [0, 0.1) is 6.92 Å². The van der Waals surface area contributed by atoms with Crippen LogP contribution in [0.5, 0.6) is 0 Å². The van der Waals surface area contributed by atoms with Crippen molar-refractivity contribution < 1.29 is 4.79 Å². The maximum absolute atomic E-state index is 12.3. The largest absolute Gasteiger partial charge is 0.398 e. The van der Waals surface area contributed by atoms with E-state index in [4.69, 9.17) is 28.9 Å². The van der Waals surface area contributed by atoms with E-state index in [1.807, 2.05) is 13.0 Å². The number of nitrogen functional groups attached to an aromatic ring is 1. The summed E-state index contributed by atoms with van der Waals surface area (Å²) in [5.74, 6) is -0.0505. The third-order valence-corrected chi connectivity index (χ3v) is 3.46. The molecule has 2 nitrogen and oxygen atoms in total. The summed E-state index contributed by atoms with van der Waals surface area (Å²) >= 11 is 11.9. The Labute approximate surface area is 122 Å². The normalized spacial score (nSPS) is 10.5. The summed E-state index contributed by atoms with van der Waals surface area (Å²) in [6, 6.07) is 10.5. The first-order valence-corrected chi connectivity index (χ1v) is 6.56. The summed E-state index contributed by atoms with van der Waals surface area (Å²) in [5.41, 5.74) is 8.60. The number of ketones is 1. The summed E-state index contributed by atoms with van der Waals surface area (Å²) in [6.07, 6.45) is 0.212. The van der Waals surface area contributed by atoms with Crippen molar-refractivity contribution in [3.05, 3.63) is 63.1 Å². The number of hydrogen-bond acceptors (Lipinski definition) is 2. The van der Waals surface area contributed by atoms with Crippen LogP contribution in [0.15, 0.2) is 36.4 Å². The molecule has 2 aromatic carbocycles. The minimum absolute atomic E-state index is 0.0505. The average Bonchev–Trinajstić information content (AvgIpc) is 2.35. The van der Waals surface area contributed by atoms with E-state index in [9.17, 15) is 4.79 Å². The van der Waals surface area contributed by atoms with Gasteiger partial charge in [0.05, 0.1) is 0 Å². The molecule has 2 N–H and O–H groups in total. The highest BCUT2D eigenvalue weighted by atomic mass is 35.5. The van der Waals surface area contributed by atoms with E-state index in [-0.39, 0.29) is 12.2 Å². The number of anilines is 1. The number of nitrogens with two attached hydrogens (primary N) is 1. The molecular formula is C15H13Cl2NO. The third kappa shape index (κ3) is 3.28. The maximum atomic E-state index is 12.3. The monoisotopic (exact) mass is 293 g/mol. The van der Waals surface area contributed by atoms with Crippen molar-refractivity contribution in [3.63, 3.8) is 0 Å². The maximum Gasteiger partial charge on any atom is 0.169 e. The predicted octanol–water partition coefficient (Wildman–Crippen LogP) is 4.31. The number of aryl methyl sites for hydroxylation is 1. The van der Waals surface area contributed by atoms with Crippen molar-refractivity contribution in [2.45, 2.75) is 13.3 Å². The zero-order chi connectivity index (χ0) is 14.0. The van der Waals surface area contributed by atoms with Crippen molar-refractivity contribution in [2.75, 3.05) is 5.73 Å². The van der Waals surface area contributed by atoms with Gasteiger partial charge in [0.2, 0.25) is 0 Å². The lowest BCUT2D eigenvalue weighted by atomic mass is 10.00. The highest BCUT2D eigenvalue weighted by molar-refractivity contribution is 6.35. The van der Waals surface area contributed by atoms with Gasteiger partial charge >= 0.3 is 0 Å². The molecular weight excluding hydrogens is 281 g/mol. The molecule has 0 heterocycles. The van der Waals surface area contributed by atoms with Crippen LogP contribution in [0.4, 0.5) is 5.69 Å². The van der Waals surface area contributed by atoms with Gasteiger partial charge in [-0.15, -0.1) is 0 Å². The Morgan fingerprint density at radius 1 is 1.16 bits per heavy atom. The van der Waals surface area contributed by atoms with Gasteiger partial charge in [-0.05, 0) is 36.8 Å². The third-order valence-electron chi connectivity index (χ3n) is 2.88. The molecule has 0 aliphatic rings. The smallest absolute Gasteiger partial charge is 0.169 e. The Morgan fingerprint density at radius 3 is 2.58 bits per heavy atom. The number of rotatable bonds is 3. The van der Waals surface area contributed by atoms with Gasteiger partial charge in [-0.1, -0.05) is 40.9 Å². The molecule has 0 aliphatic carbocycles. The number of carbonyl (C=O) groups excluding carboxylic acids is 1. The fraction of sp³-hybridized carbons (Fsp3) is 0.133. The van der Waals surface area contributed by atoms with Gasteiger partial charge in [0.15, 0.2) is 5.78 Å². The zero-order valence-corrected chi connectivity index (χ0v) is 11.9. The summed E-state index contributed by atoms with van der Waals surface area (Å²) in [5, 5.41) is 1.04. The van der Waals surface area contributed by atoms with E-state index < -0.39 is 0 Å². The molecule has 0 spiro atoms. The predicted molar refractivity (Wildman–Crippen MR) is 80.1 cm³/mol. The first-order valence-electron chi connectivity index (χ1n) is 5.80. The summed E-state index contributed by atoms with van der Waals surface area (Å²) < 4.78 is 0. The van der Waals surface area contributed by atoms with Crippen molar-refractivity contribution in [1.82, 2.24) is 0 Å². The van der Waals surface area contributed by atoms with Crippen LogP contribution in [0.3, 0.4) is 0 Å². The molecule has 0 saturated carbocycles. The van der Waals surface area contributed by atoms with Gasteiger partial charge in [0, 0.05) is 27.7 Å². The van der Waals surface area contributed by atoms with E-state index in [1.165, 1.54) is 0 Å². The molecule has 0 aromatic heterocycles. The van der Waals surface area contributed by atoms with Crippen molar-refractivity contribution in [2.24, 2.45) is 0 Å². The van der Waals surface area contributed by atoms with Gasteiger partial charge in [-0.3, -0.25) is 4.79 Å². The van der Waals surface area contributed by atoms with Crippen LogP contribution in [0.2, 0.25) is 10.0 Å². The first kappa shape index (κ1) is 13.9. The van der Waals surface area contributed by atoms with Gasteiger partial charge in [0.1, 0.15) is 0 Å². The van der Waals surface area contributed by atoms with Crippen molar-refractivity contribution in [1.29, 1.82) is 0 Å². The van der Waals surface area contributed by atoms with Gasteiger partial charge in [-0.2, -0.15) is 0 Å². The number of Topliss-reactive ketones (excluding diaryl/α,β-unsaturated/α-hetero) is 1. The van der Waals surface area contributed by atoms with Crippen molar-refractivity contribution in [3.8, 4) is 0 Å². The molecule has 0 unspecified atom stereocenters. The standard InChI is InChI=1S/C15H13Cl2NO/c1-9-2-5-14(18)12(6-9)15(19)7-10-3-4-11(16)8-13(10)17/h2-6,8H,7,18H2,1H3. The van der Waals surface area contributed by atoms with E-state index >= 15 is 0 Å². The van der Waals surface area contributed by atoms with Gasteiger partial charge < -0.3 is 5.73 Å². The van der Waals surface area contributed by atoms with E-state index in [0.717, 1.165) is 11.1 Å².